The minimum Gasteiger partial charge on any atom is -0.854 e. The van der Waals surface area contributed by atoms with Gasteiger partial charge in [0, 0.05) is 13.1 Å². The van der Waals surface area contributed by atoms with Crippen LogP contribution in [0.15, 0.2) is 6.07 Å². The Morgan fingerprint density at radius 1 is 1.32 bits per heavy atom. The molecule has 0 saturated heterocycles. The van der Waals surface area contributed by atoms with Crippen LogP contribution < -0.4 is 15.2 Å². The summed E-state index contributed by atoms with van der Waals surface area (Å²) >= 11 is 0. The molecule has 11 heteroatoms. The Balaban J connectivity index is 2.60. The molecule has 8 nitrogen and oxygen atoms in total. The van der Waals surface area contributed by atoms with Crippen LogP contribution in [0.5, 0.6) is 11.5 Å². The molecule has 3 amide bonds. The number of nitrogens with one attached hydrogen (secondary N) is 1. The minimum absolute atomic E-state index is 0.124. The summed E-state index contributed by atoms with van der Waals surface area (Å²) in [6.45, 7) is -0.971. The van der Waals surface area contributed by atoms with Crippen LogP contribution in [-0.2, 0) is 6.18 Å². The molecule has 0 atom stereocenters. The third-order valence-corrected chi connectivity index (χ3v) is 4.26. The number of hydrogen-bond donors (Lipinski definition) is 2. The van der Waals surface area contributed by atoms with Crippen LogP contribution in [0.3, 0.4) is 0 Å². The Labute approximate surface area is 157 Å². The lowest BCUT2D eigenvalue weighted by atomic mass is 9.93. The van der Waals surface area contributed by atoms with Crippen molar-refractivity contribution in [3.8, 4) is 11.5 Å². The minimum atomic E-state index is -5.11. The van der Waals surface area contributed by atoms with Crippen LogP contribution in [0.4, 0.5) is 18.0 Å². The lowest BCUT2D eigenvalue weighted by Gasteiger charge is -2.21. The number of phenolic OH excluding ortho intramolecular Hbond substituents is 1. The highest BCUT2D eigenvalue weighted by Gasteiger charge is 2.41. The number of ether oxygens (including phenoxy) is 1. The van der Waals surface area contributed by atoms with Gasteiger partial charge in [-0.3, -0.25) is 14.9 Å². The summed E-state index contributed by atoms with van der Waals surface area (Å²) in [7, 11) is 2.34. The number of phenols is 1. The number of Topliss-reactive ketones (excluding diaryl/α,β-unsaturated/α-hetero) is 1. The van der Waals surface area contributed by atoms with Gasteiger partial charge in [-0.25, -0.2) is 4.79 Å². The van der Waals surface area contributed by atoms with Gasteiger partial charge in [-0.1, -0.05) is 0 Å². The molecule has 1 fully saturated rings. The maximum Gasteiger partial charge on any atom is 0.417 e. The number of alkyl halides is 3. The highest BCUT2D eigenvalue weighted by molar-refractivity contribution is 6.14. The molecular formula is C17H18F3N2O6-. The molecule has 2 N–H and O–H groups in total. The molecule has 28 heavy (non-hydrogen) atoms. The number of aromatic hydroxyl groups is 1. The van der Waals surface area contributed by atoms with Gasteiger partial charge in [0.05, 0.1) is 23.8 Å². The average molecular weight is 403 g/mol. The number of imide groups is 1. The van der Waals surface area contributed by atoms with Gasteiger partial charge in [-0.15, -0.1) is 6.61 Å². The van der Waals surface area contributed by atoms with Gasteiger partial charge in [0.15, 0.2) is 17.3 Å². The third kappa shape index (κ3) is 4.35. The number of ketones is 1. The Morgan fingerprint density at radius 3 is 2.39 bits per heavy atom. The van der Waals surface area contributed by atoms with Crippen LogP contribution in [-0.4, -0.2) is 54.5 Å². The molecule has 154 valence electrons. The first-order valence-electron chi connectivity index (χ1n) is 8.23. The maximum atomic E-state index is 13.5. The first kappa shape index (κ1) is 21.5. The van der Waals surface area contributed by atoms with E-state index in [2.05, 4.69) is 4.74 Å². The van der Waals surface area contributed by atoms with Gasteiger partial charge in [0.2, 0.25) is 0 Å². The monoisotopic (exact) mass is 403 g/mol. The Morgan fingerprint density at radius 2 is 1.93 bits per heavy atom. The molecule has 0 spiro atoms. The number of amides is 3. The van der Waals surface area contributed by atoms with Gasteiger partial charge in [0.1, 0.15) is 0 Å². The van der Waals surface area contributed by atoms with Crippen molar-refractivity contribution in [1.82, 2.24) is 10.2 Å². The fourth-order valence-corrected chi connectivity index (χ4v) is 2.63. The number of methoxy groups -OCH3 is 1. The van der Waals surface area contributed by atoms with E-state index in [0.29, 0.717) is 18.9 Å². The van der Waals surface area contributed by atoms with Crippen molar-refractivity contribution in [3.05, 3.63) is 22.8 Å². The van der Waals surface area contributed by atoms with E-state index in [0.717, 1.165) is 12.0 Å². The molecule has 1 aromatic carbocycles. The molecule has 1 aliphatic rings. The number of nitrogens with zero attached hydrogens (tertiary/aromatic N) is 1. The Kier molecular flexibility index (Phi) is 6.17. The Bertz CT molecular complexity index is 805. The standard InChI is InChI=1S/C17H18F3N2O6/c1-22(8-3-4-8)16(27)21-15(26)12-9(17(18,19)20)7-11(28-2)14(25)13(12)10(24)5-6-23/h7-8,25H,3-6H2,1-2H3,(H,21,26,27)/q-1. The van der Waals surface area contributed by atoms with Gasteiger partial charge < -0.3 is 19.8 Å². The van der Waals surface area contributed by atoms with Crippen molar-refractivity contribution in [2.45, 2.75) is 31.5 Å². The summed E-state index contributed by atoms with van der Waals surface area (Å²) in [4.78, 5) is 38.0. The molecule has 1 aliphatic carbocycles. The molecule has 0 aromatic heterocycles. The van der Waals surface area contributed by atoms with Gasteiger partial charge >= 0.3 is 12.2 Å². The maximum absolute atomic E-state index is 13.5. The summed E-state index contributed by atoms with van der Waals surface area (Å²) < 4.78 is 45.3. The Hall–Kier alpha value is -2.82. The molecule has 2 rings (SSSR count). The quantitative estimate of drug-likeness (QED) is 0.691. The van der Waals surface area contributed by atoms with Crippen LogP contribution in [0.1, 0.15) is 45.5 Å². The van der Waals surface area contributed by atoms with E-state index in [1.54, 1.807) is 5.32 Å². The fraction of sp³-hybridized carbons (Fsp3) is 0.471. The number of carbonyl (C=O) groups excluding carboxylic acids is 3. The highest BCUT2D eigenvalue weighted by atomic mass is 19.4. The summed E-state index contributed by atoms with van der Waals surface area (Å²) in [5, 5.41) is 22.7. The number of carbonyl (C=O) groups is 3. The fourth-order valence-electron chi connectivity index (χ4n) is 2.63. The summed E-state index contributed by atoms with van der Waals surface area (Å²) in [5.74, 6) is -4.40. The SMILES string of the molecule is COc1cc(C(F)(F)F)c(C(=O)NC(=O)N(C)C2CC2)c(C(=O)CC[O-])c1O. The predicted molar refractivity (Wildman–Crippen MR) is 87.1 cm³/mol. The van der Waals surface area contributed by atoms with E-state index in [9.17, 15) is 37.8 Å². The molecule has 1 saturated carbocycles. The highest BCUT2D eigenvalue weighted by Crippen LogP contribution is 2.42. The third-order valence-electron chi connectivity index (χ3n) is 4.26. The summed E-state index contributed by atoms with van der Waals surface area (Å²) in [6, 6.07) is -0.716. The molecule has 1 aromatic rings. The molecule has 0 unspecified atom stereocenters. The molecule has 0 radical (unpaired) electrons. The zero-order valence-corrected chi connectivity index (χ0v) is 15.1. The van der Waals surface area contributed by atoms with Crippen molar-refractivity contribution in [1.29, 1.82) is 0 Å². The zero-order chi connectivity index (χ0) is 21.2. The van der Waals surface area contributed by atoms with Crippen LogP contribution >= 0.6 is 0 Å². The lowest BCUT2D eigenvalue weighted by Crippen LogP contribution is -2.42. The largest absolute Gasteiger partial charge is 0.854 e. The topological polar surface area (TPSA) is 119 Å². The van der Waals surface area contributed by atoms with Crippen molar-refractivity contribution in [2.24, 2.45) is 0 Å². The predicted octanol–water partition coefficient (Wildman–Crippen LogP) is 1.30. The summed E-state index contributed by atoms with van der Waals surface area (Å²) in [5.41, 5.74) is -3.82. The zero-order valence-electron chi connectivity index (χ0n) is 15.1. The van der Waals surface area contributed by atoms with Gasteiger partial charge in [-0.2, -0.15) is 13.2 Å². The molecule has 0 aliphatic heterocycles. The normalized spacial score (nSPS) is 13.8. The van der Waals surface area contributed by atoms with Crippen molar-refractivity contribution >= 4 is 17.7 Å². The molecule has 0 bridgehead atoms. The van der Waals surface area contributed by atoms with E-state index in [-0.39, 0.29) is 6.04 Å². The van der Waals surface area contributed by atoms with E-state index in [4.69, 9.17) is 0 Å². The average Bonchev–Trinajstić information content (AvgIpc) is 3.44. The number of halogens is 3. The summed E-state index contributed by atoms with van der Waals surface area (Å²) in [6.07, 6.45) is -4.47. The van der Waals surface area contributed by atoms with Crippen molar-refractivity contribution in [3.63, 3.8) is 0 Å². The van der Waals surface area contributed by atoms with E-state index in [1.165, 1.54) is 7.05 Å². The smallest absolute Gasteiger partial charge is 0.417 e. The number of hydrogen-bond acceptors (Lipinski definition) is 6. The first-order chi connectivity index (χ1) is 13.0. The number of benzene rings is 1. The molecular weight excluding hydrogens is 385 g/mol. The van der Waals surface area contributed by atoms with Gasteiger partial charge in [0.25, 0.3) is 5.91 Å². The van der Waals surface area contributed by atoms with E-state index >= 15 is 0 Å². The van der Waals surface area contributed by atoms with E-state index in [1.807, 2.05) is 0 Å². The van der Waals surface area contributed by atoms with Crippen LogP contribution in [0.25, 0.3) is 0 Å². The van der Waals surface area contributed by atoms with Crippen LogP contribution in [0.2, 0.25) is 0 Å². The second-order valence-corrected chi connectivity index (χ2v) is 6.20. The lowest BCUT2D eigenvalue weighted by molar-refractivity contribution is -0.365. The second-order valence-electron chi connectivity index (χ2n) is 6.20. The molecule has 0 heterocycles. The van der Waals surface area contributed by atoms with Crippen molar-refractivity contribution in [2.75, 3.05) is 20.8 Å². The van der Waals surface area contributed by atoms with Gasteiger partial charge in [-0.05, 0) is 25.3 Å². The number of urea groups is 1. The van der Waals surface area contributed by atoms with Crippen molar-refractivity contribution < 1.29 is 42.5 Å². The number of rotatable bonds is 6. The second kappa shape index (κ2) is 8.05. The van der Waals surface area contributed by atoms with Crippen LogP contribution in [0, 0.1) is 0 Å². The van der Waals surface area contributed by atoms with E-state index < -0.39 is 65.1 Å². The first-order valence-corrected chi connectivity index (χ1v) is 8.23.